The van der Waals surface area contributed by atoms with Crippen molar-refractivity contribution in [2.24, 2.45) is 5.73 Å². The predicted octanol–water partition coefficient (Wildman–Crippen LogP) is 12.1. The average Bonchev–Trinajstić information content (AvgIpc) is 3.56. The molecule has 5 rings (SSSR count). The van der Waals surface area contributed by atoms with Gasteiger partial charge in [0, 0.05) is 24.5 Å². The Balaban J connectivity index is 0.000000533. The highest BCUT2D eigenvalue weighted by Crippen LogP contribution is 2.45. The van der Waals surface area contributed by atoms with E-state index in [4.69, 9.17) is 5.73 Å². The monoisotopic (exact) mass is 782 g/mol. The number of likely N-dealkylation sites (tertiary alicyclic amines) is 1. The van der Waals surface area contributed by atoms with Crippen LogP contribution in [0.1, 0.15) is 111 Å². The number of nitrogens with two attached hydrogens (primary N) is 1. The lowest BCUT2D eigenvalue weighted by Gasteiger charge is -2.36. The molecule has 2 aliphatic heterocycles. The molecular weight excluding hydrogens is 731 g/mol. The summed E-state index contributed by atoms with van der Waals surface area (Å²) in [6, 6.07) is 7.18. The molecule has 0 amide bonds. The van der Waals surface area contributed by atoms with Crippen molar-refractivity contribution in [1.29, 1.82) is 0 Å². The Bertz CT molecular complexity index is 1700. The van der Waals surface area contributed by atoms with Crippen LogP contribution in [0.25, 0.3) is 11.1 Å². The van der Waals surface area contributed by atoms with Crippen LogP contribution >= 0.6 is 0 Å². The molecule has 302 valence electrons. The van der Waals surface area contributed by atoms with Gasteiger partial charge in [0.05, 0.1) is 28.4 Å². The number of aryl methyl sites for hydroxylation is 1. The van der Waals surface area contributed by atoms with Gasteiger partial charge in [-0.1, -0.05) is 88.3 Å². The quantitative estimate of drug-likeness (QED) is 0.139. The lowest BCUT2D eigenvalue weighted by Crippen LogP contribution is -2.33. The van der Waals surface area contributed by atoms with Gasteiger partial charge in [-0.3, -0.25) is 9.88 Å². The van der Waals surface area contributed by atoms with Crippen LogP contribution in [0.15, 0.2) is 78.5 Å². The van der Waals surface area contributed by atoms with Gasteiger partial charge in [-0.25, -0.2) is 0 Å². The van der Waals surface area contributed by atoms with Crippen LogP contribution in [-0.2, 0) is 18.5 Å². The molecule has 1 fully saturated rings. The van der Waals surface area contributed by atoms with Crippen molar-refractivity contribution in [1.82, 2.24) is 14.8 Å². The van der Waals surface area contributed by atoms with Crippen LogP contribution in [-0.4, -0.2) is 47.5 Å². The summed E-state index contributed by atoms with van der Waals surface area (Å²) >= 11 is 0. The van der Waals surface area contributed by atoms with Gasteiger partial charge < -0.3 is 10.6 Å². The SMILES string of the molecule is CCCCCCCCCCN.Cc1cc(-c2ccc(C(F)(F)F)cc2)c(C(F)(F)F)c(C(c2ccc(C(F)(F)F)cc2)N2C=C([C@@H]3CCCN3C)C=CC2)n1. The molecule has 1 unspecified atom stereocenters. The van der Waals surface area contributed by atoms with Gasteiger partial charge in [0.1, 0.15) is 0 Å². The fourth-order valence-corrected chi connectivity index (χ4v) is 7.20. The molecule has 1 aromatic heterocycles. The Kier molecular flexibility index (Phi) is 15.4. The van der Waals surface area contributed by atoms with E-state index in [1.807, 2.05) is 13.1 Å². The zero-order valence-corrected chi connectivity index (χ0v) is 31.6. The Morgan fingerprint density at radius 1 is 0.782 bits per heavy atom. The van der Waals surface area contributed by atoms with E-state index in [1.54, 1.807) is 17.2 Å². The Morgan fingerprint density at radius 3 is 1.85 bits per heavy atom. The summed E-state index contributed by atoms with van der Waals surface area (Å²) in [5.41, 5.74) is 2.45. The third-order valence-electron chi connectivity index (χ3n) is 10.0. The minimum absolute atomic E-state index is 0.0116. The van der Waals surface area contributed by atoms with E-state index in [9.17, 15) is 26.3 Å². The van der Waals surface area contributed by atoms with Crippen molar-refractivity contribution in [2.45, 2.75) is 109 Å². The third-order valence-corrected chi connectivity index (χ3v) is 10.0. The van der Waals surface area contributed by atoms with Crippen LogP contribution in [0.5, 0.6) is 0 Å². The van der Waals surface area contributed by atoms with Gasteiger partial charge in [0.2, 0.25) is 0 Å². The first kappa shape index (κ1) is 43.9. The number of unbranched alkanes of at least 4 members (excludes halogenated alkanes) is 7. The molecule has 3 heterocycles. The number of benzene rings is 2. The summed E-state index contributed by atoms with van der Waals surface area (Å²) in [6.45, 7) is 5.58. The van der Waals surface area contributed by atoms with E-state index in [0.29, 0.717) is 12.1 Å². The van der Waals surface area contributed by atoms with E-state index in [2.05, 4.69) is 16.8 Å². The molecule has 2 aliphatic rings. The first-order chi connectivity index (χ1) is 26.0. The summed E-state index contributed by atoms with van der Waals surface area (Å²) in [6.07, 6.45) is 3.82. The van der Waals surface area contributed by atoms with Crippen molar-refractivity contribution in [3.05, 3.63) is 112 Å². The summed E-state index contributed by atoms with van der Waals surface area (Å²) in [4.78, 5) is 8.06. The molecule has 1 saturated heterocycles. The maximum absolute atomic E-state index is 15.0. The molecule has 2 aromatic carbocycles. The van der Waals surface area contributed by atoms with E-state index in [0.717, 1.165) is 74.0 Å². The zero-order valence-electron chi connectivity index (χ0n) is 31.6. The minimum atomic E-state index is -5.01. The van der Waals surface area contributed by atoms with Crippen LogP contribution in [0.4, 0.5) is 39.5 Å². The maximum atomic E-state index is 15.0. The molecule has 0 radical (unpaired) electrons. The number of rotatable bonds is 13. The lowest BCUT2D eigenvalue weighted by molar-refractivity contribution is -0.139. The van der Waals surface area contributed by atoms with Crippen molar-refractivity contribution < 1.29 is 39.5 Å². The third kappa shape index (κ3) is 12.1. The summed E-state index contributed by atoms with van der Waals surface area (Å²) in [5, 5.41) is 0. The fraction of sp³-hybridized carbons (Fsp3) is 0.500. The van der Waals surface area contributed by atoms with E-state index >= 15 is 13.2 Å². The van der Waals surface area contributed by atoms with Crippen LogP contribution in [0.3, 0.4) is 0 Å². The topological polar surface area (TPSA) is 45.4 Å². The van der Waals surface area contributed by atoms with E-state index < -0.39 is 47.0 Å². The highest BCUT2D eigenvalue weighted by Gasteiger charge is 2.42. The number of nitrogens with zero attached hydrogens (tertiary/aromatic N) is 3. The number of likely N-dealkylation sites (N-methyl/N-ethyl adjacent to an activating group) is 1. The molecule has 3 aromatic rings. The fourth-order valence-electron chi connectivity index (χ4n) is 7.20. The number of hydrogen-bond donors (Lipinski definition) is 1. The molecule has 0 bridgehead atoms. The van der Waals surface area contributed by atoms with E-state index in [-0.39, 0.29) is 35.0 Å². The number of alkyl halides is 9. The van der Waals surface area contributed by atoms with Crippen molar-refractivity contribution in [2.75, 3.05) is 26.7 Å². The molecule has 55 heavy (non-hydrogen) atoms. The predicted molar refractivity (Wildman–Crippen MR) is 199 cm³/mol. The molecule has 2 atom stereocenters. The number of pyridine rings is 1. The van der Waals surface area contributed by atoms with Gasteiger partial charge in [0.25, 0.3) is 0 Å². The van der Waals surface area contributed by atoms with Crippen LogP contribution in [0.2, 0.25) is 0 Å². The molecular formula is C42H51F9N4. The molecule has 0 spiro atoms. The van der Waals surface area contributed by atoms with Crippen LogP contribution in [0, 0.1) is 6.92 Å². The van der Waals surface area contributed by atoms with Crippen molar-refractivity contribution >= 4 is 0 Å². The largest absolute Gasteiger partial charge is 0.418 e. The molecule has 0 aliphatic carbocycles. The normalized spacial score (nSPS) is 17.2. The Labute approximate surface area is 318 Å². The number of halogens is 9. The van der Waals surface area contributed by atoms with Gasteiger partial charge >= 0.3 is 18.5 Å². The van der Waals surface area contributed by atoms with Crippen molar-refractivity contribution in [3.63, 3.8) is 0 Å². The number of aromatic nitrogens is 1. The summed E-state index contributed by atoms with van der Waals surface area (Å²) < 4.78 is 125. The summed E-state index contributed by atoms with van der Waals surface area (Å²) in [5.74, 6) is 0. The highest BCUT2D eigenvalue weighted by molar-refractivity contribution is 5.70. The van der Waals surface area contributed by atoms with Gasteiger partial charge in [0.15, 0.2) is 0 Å². The molecule has 13 heteroatoms. The van der Waals surface area contributed by atoms with Crippen LogP contribution < -0.4 is 5.73 Å². The first-order valence-corrected chi connectivity index (χ1v) is 18.9. The lowest BCUT2D eigenvalue weighted by atomic mass is 9.90. The highest BCUT2D eigenvalue weighted by atomic mass is 19.4. The standard InChI is InChI=1S/C32H28F9N3.C10H23N/c1-19-17-25(20-7-11-23(12-8-20)30(33,34)35)27(32(39,40)41)28(42-19)29(21-9-13-24(14-10-21)31(36,37)38)44-16-3-5-22(18-44)26-6-4-15-43(26)2;1-2-3-4-5-6-7-8-9-10-11/h3,5,7-14,17-18,26,29H,4,6,15-16H2,1-2H3;2-11H2,1H3/t26-,29?;/m0./s1. The molecule has 2 N–H and O–H groups in total. The first-order valence-electron chi connectivity index (χ1n) is 18.9. The maximum Gasteiger partial charge on any atom is 0.418 e. The second kappa shape index (κ2) is 19.3. The minimum Gasteiger partial charge on any atom is -0.361 e. The smallest absolute Gasteiger partial charge is 0.361 e. The van der Waals surface area contributed by atoms with Gasteiger partial charge in [-0.2, -0.15) is 39.5 Å². The van der Waals surface area contributed by atoms with Crippen molar-refractivity contribution in [3.8, 4) is 11.1 Å². The average molecular weight is 783 g/mol. The van der Waals surface area contributed by atoms with Gasteiger partial charge in [-0.05, 0) is 98.9 Å². The zero-order chi connectivity index (χ0) is 40.4. The molecule has 0 saturated carbocycles. The molecule has 4 nitrogen and oxygen atoms in total. The summed E-state index contributed by atoms with van der Waals surface area (Å²) in [7, 11) is 1.94. The number of hydrogen-bond acceptors (Lipinski definition) is 4. The van der Waals surface area contributed by atoms with E-state index in [1.165, 1.54) is 58.3 Å². The second-order valence-corrected chi connectivity index (χ2v) is 14.3. The second-order valence-electron chi connectivity index (χ2n) is 14.3. The van der Waals surface area contributed by atoms with Gasteiger partial charge in [-0.15, -0.1) is 0 Å². The Morgan fingerprint density at radius 2 is 1.35 bits per heavy atom. The Hall–Kier alpha value is -3.84.